The van der Waals surface area contributed by atoms with E-state index in [2.05, 4.69) is 45.1 Å². The number of hydrogen-bond donors (Lipinski definition) is 2. The summed E-state index contributed by atoms with van der Waals surface area (Å²) < 4.78 is 6.78. The number of aliphatic hydroxyl groups is 1. The van der Waals surface area contributed by atoms with Crippen LogP contribution in [0.3, 0.4) is 0 Å². The molecule has 4 rings (SSSR count). The molecule has 1 saturated carbocycles. The van der Waals surface area contributed by atoms with Gasteiger partial charge in [0, 0.05) is 12.6 Å². The lowest BCUT2D eigenvalue weighted by Gasteiger charge is -2.30. The number of ether oxygens (including phenoxy) is 1. The van der Waals surface area contributed by atoms with Crippen LogP contribution in [0.5, 0.6) is 5.75 Å². The highest BCUT2D eigenvalue weighted by Gasteiger charge is 2.30. The number of rotatable bonds is 4. The molecule has 0 bridgehead atoms. The van der Waals surface area contributed by atoms with Crippen LogP contribution in [0.1, 0.15) is 44.0 Å². The predicted octanol–water partition coefficient (Wildman–Crippen LogP) is 3.18. The van der Waals surface area contributed by atoms with Crippen LogP contribution < -0.4 is 10.1 Å². The summed E-state index contributed by atoms with van der Waals surface area (Å²) >= 11 is 0. The summed E-state index contributed by atoms with van der Waals surface area (Å²) in [6, 6.07) is 10.3. The number of imidazole rings is 1. The molecule has 31 heavy (non-hydrogen) atoms. The second-order valence-corrected chi connectivity index (χ2v) is 8.00. The highest BCUT2D eigenvalue weighted by molar-refractivity contribution is 5.84. The minimum absolute atomic E-state index is 0.296. The van der Waals surface area contributed by atoms with Crippen molar-refractivity contribution in [2.45, 2.75) is 44.8 Å². The summed E-state index contributed by atoms with van der Waals surface area (Å²) in [5, 5.41) is 14.1. The van der Waals surface area contributed by atoms with Crippen molar-refractivity contribution in [1.29, 1.82) is 0 Å². The summed E-state index contributed by atoms with van der Waals surface area (Å²) in [5.41, 5.74) is 1.09. The van der Waals surface area contributed by atoms with Crippen LogP contribution in [0, 0.1) is 30.2 Å². The number of nitrogens with zero attached hydrogens (tertiary/aromatic N) is 4. The van der Waals surface area contributed by atoms with Gasteiger partial charge >= 0.3 is 0 Å². The lowest BCUT2D eigenvalue weighted by Crippen LogP contribution is -2.32. The van der Waals surface area contributed by atoms with Gasteiger partial charge in [0.05, 0.1) is 7.11 Å². The van der Waals surface area contributed by atoms with Crippen molar-refractivity contribution in [3.05, 3.63) is 42.0 Å². The first-order valence-corrected chi connectivity index (χ1v) is 10.3. The minimum Gasteiger partial charge on any atom is -0.497 e. The first-order chi connectivity index (χ1) is 15.0. The van der Waals surface area contributed by atoms with Crippen molar-refractivity contribution in [1.82, 2.24) is 19.5 Å². The third-order valence-electron chi connectivity index (χ3n) is 5.51. The van der Waals surface area contributed by atoms with E-state index in [1.165, 1.54) is 10.9 Å². The van der Waals surface area contributed by atoms with E-state index >= 15 is 0 Å². The molecule has 0 amide bonds. The monoisotopic (exact) mass is 415 g/mol. The molecule has 2 atom stereocenters. The molecule has 1 aliphatic rings. The zero-order chi connectivity index (χ0) is 21.8. The summed E-state index contributed by atoms with van der Waals surface area (Å²) in [6.07, 6.45) is 10.5. The zero-order valence-electron chi connectivity index (χ0n) is 17.7. The number of hydrogen-bond acceptors (Lipinski definition) is 6. The van der Waals surface area contributed by atoms with Crippen molar-refractivity contribution in [2.24, 2.45) is 5.92 Å². The molecule has 158 valence electrons. The van der Waals surface area contributed by atoms with Crippen molar-refractivity contribution in [2.75, 3.05) is 12.4 Å². The lowest BCUT2D eigenvalue weighted by atomic mass is 9.79. The van der Waals surface area contributed by atoms with E-state index in [0.29, 0.717) is 48.1 Å². The Hall–Kier alpha value is -3.55. The molecule has 2 N–H and O–H groups in total. The maximum absolute atomic E-state index is 10.8. The van der Waals surface area contributed by atoms with E-state index in [1.807, 2.05) is 24.3 Å². The van der Waals surface area contributed by atoms with Crippen LogP contribution in [0.25, 0.3) is 11.2 Å². The van der Waals surface area contributed by atoms with Crippen molar-refractivity contribution in [3.63, 3.8) is 0 Å². The topological polar surface area (TPSA) is 85.1 Å². The zero-order valence-corrected chi connectivity index (χ0v) is 17.7. The number of fused-ring (bicyclic) bond motifs is 1. The second-order valence-electron chi connectivity index (χ2n) is 8.00. The third kappa shape index (κ3) is 4.63. The Labute approximate surface area is 181 Å². The number of nitrogens with one attached hydrogen (secondary N) is 1. The van der Waals surface area contributed by atoms with E-state index < -0.39 is 5.60 Å². The highest BCUT2D eigenvalue weighted by atomic mass is 16.5. The maximum atomic E-state index is 10.8. The first kappa shape index (κ1) is 20.7. The fourth-order valence-corrected chi connectivity index (χ4v) is 3.95. The Kier molecular flexibility index (Phi) is 5.79. The molecular weight excluding hydrogens is 390 g/mol. The second kappa shape index (κ2) is 8.67. The van der Waals surface area contributed by atoms with Gasteiger partial charge in [-0.2, -0.15) is 4.98 Å². The molecule has 2 aromatic heterocycles. The smallest absolute Gasteiger partial charge is 0.209 e. The van der Waals surface area contributed by atoms with Gasteiger partial charge in [-0.3, -0.25) is 0 Å². The number of terminal acetylenes is 1. The fourth-order valence-electron chi connectivity index (χ4n) is 3.95. The summed E-state index contributed by atoms with van der Waals surface area (Å²) in [7, 11) is 1.64. The van der Waals surface area contributed by atoms with E-state index in [4.69, 9.17) is 11.2 Å². The van der Waals surface area contributed by atoms with Crippen molar-refractivity contribution >= 4 is 17.0 Å². The molecule has 7 nitrogen and oxygen atoms in total. The van der Waals surface area contributed by atoms with Gasteiger partial charge in [0.15, 0.2) is 17.0 Å². The third-order valence-corrected chi connectivity index (χ3v) is 5.51. The SMILES string of the molecule is C#Cn1cnc2c(NCc3cccc(OC)c3)nc(C#C[C@]3(O)CCC[C@@H](C)C3)nc21. The van der Waals surface area contributed by atoms with E-state index in [0.717, 1.165) is 24.2 Å². The average Bonchev–Trinajstić information content (AvgIpc) is 3.19. The predicted molar refractivity (Wildman–Crippen MR) is 119 cm³/mol. The summed E-state index contributed by atoms with van der Waals surface area (Å²) in [6.45, 7) is 2.65. The molecule has 1 aliphatic carbocycles. The van der Waals surface area contributed by atoms with Gasteiger partial charge in [-0.05, 0) is 48.8 Å². The molecule has 2 heterocycles. The fraction of sp³-hybridized carbons (Fsp3) is 0.375. The summed E-state index contributed by atoms with van der Waals surface area (Å²) in [4.78, 5) is 13.4. The van der Waals surface area contributed by atoms with Gasteiger partial charge in [-0.1, -0.05) is 37.8 Å². The number of aromatic nitrogens is 4. The Morgan fingerprint density at radius 3 is 3.03 bits per heavy atom. The average molecular weight is 415 g/mol. The molecule has 1 aromatic carbocycles. The van der Waals surface area contributed by atoms with Crippen LogP contribution in [0.2, 0.25) is 0 Å². The van der Waals surface area contributed by atoms with Gasteiger partial charge in [0.25, 0.3) is 0 Å². The van der Waals surface area contributed by atoms with Gasteiger partial charge in [-0.15, -0.1) is 0 Å². The Balaban J connectivity index is 1.66. The van der Waals surface area contributed by atoms with Crippen LogP contribution in [0.4, 0.5) is 5.82 Å². The molecule has 0 unspecified atom stereocenters. The molecule has 7 heteroatoms. The lowest BCUT2D eigenvalue weighted by molar-refractivity contribution is 0.0410. The van der Waals surface area contributed by atoms with Crippen LogP contribution in [-0.2, 0) is 6.54 Å². The quantitative estimate of drug-likeness (QED) is 0.637. The normalized spacial score (nSPS) is 20.5. The molecule has 0 aliphatic heterocycles. The Morgan fingerprint density at radius 2 is 2.26 bits per heavy atom. The van der Waals surface area contributed by atoms with Crippen molar-refractivity contribution in [3.8, 4) is 30.1 Å². The molecule has 0 saturated heterocycles. The summed E-state index contributed by atoms with van der Waals surface area (Å²) in [5.74, 6) is 8.04. The van der Waals surface area contributed by atoms with Gasteiger partial charge in [0.2, 0.25) is 5.82 Å². The molecule has 1 fully saturated rings. The molecule has 3 aromatic rings. The molecule has 0 radical (unpaired) electrons. The standard InChI is InChI=1S/C24H25N5O2/c1-4-29-16-26-21-22(25-15-18-8-5-9-19(13-18)31-3)27-20(28-23(21)29)10-12-24(30)11-6-7-17(2)14-24/h1,5,8-9,13,16-17,30H,6-7,11,14-15H2,2-3H3,(H,25,27,28)/t17-,24-/m1/s1. The van der Waals surface area contributed by atoms with Crippen LogP contribution >= 0.6 is 0 Å². The highest BCUT2D eigenvalue weighted by Crippen LogP contribution is 2.31. The Bertz CT molecular complexity index is 1200. The van der Waals surface area contributed by atoms with Gasteiger partial charge in [-0.25, -0.2) is 14.5 Å². The van der Waals surface area contributed by atoms with Crippen molar-refractivity contribution < 1.29 is 9.84 Å². The van der Waals surface area contributed by atoms with E-state index in [-0.39, 0.29) is 0 Å². The number of methoxy groups -OCH3 is 1. The van der Waals surface area contributed by atoms with Gasteiger partial charge in [0.1, 0.15) is 17.7 Å². The van der Waals surface area contributed by atoms with Crippen LogP contribution in [-0.4, -0.2) is 37.3 Å². The van der Waals surface area contributed by atoms with Gasteiger partial charge < -0.3 is 15.2 Å². The maximum Gasteiger partial charge on any atom is 0.209 e. The number of anilines is 1. The molecule has 0 spiro atoms. The first-order valence-electron chi connectivity index (χ1n) is 10.3. The largest absolute Gasteiger partial charge is 0.497 e. The van der Waals surface area contributed by atoms with E-state index in [9.17, 15) is 5.11 Å². The minimum atomic E-state index is -1.00. The Morgan fingerprint density at radius 1 is 1.39 bits per heavy atom. The number of benzene rings is 1. The van der Waals surface area contributed by atoms with E-state index in [1.54, 1.807) is 7.11 Å². The van der Waals surface area contributed by atoms with Crippen LogP contribution in [0.15, 0.2) is 30.6 Å². The molecular formula is C24H25N5O2.